The molecule has 0 heterocycles. The molecule has 0 aliphatic heterocycles. The van der Waals surface area contributed by atoms with Crippen LogP contribution in [0.5, 0.6) is 0 Å². The number of carboxylic acid groups (broad SMARTS) is 1. The summed E-state index contributed by atoms with van der Waals surface area (Å²) in [6.45, 7) is 2.26. The SMILES string of the molecule is CCNC(=O)C=CC(=O)O. The van der Waals surface area contributed by atoms with Crippen LogP contribution in [0.25, 0.3) is 0 Å². The summed E-state index contributed by atoms with van der Waals surface area (Å²) in [4.78, 5) is 20.3. The highest BCUT2D eigenvalue weighted by Gasteiger charge is 1.91. The third-order valence-electron chi connectivity index (χ3n) is 0.728. The number of amides is 1. The van der Waals surface area contributed by atoms with E-state index in [0.717, 1.165) is 12.2 Å². The second kappa shape index (κ2) is 4.55. The van der Waals surface area contributed by atoms with Gasteiger partial charge in [0, 0.05) is 18.7 Å². The molecule has 1 amide bonds. The molecule has 0 atom stereocenters. The number of likely N-dealkylation sites (N-methyl/N-ethyl adjacent to an activating group) is 1. The van der Waals surface area contributed by atoms with Gasteiger partial charge in [-0.15, -0.1) is 0 Å². The molecule has 0 rings (SSSR count). The molecule has 56 valence electrons. The smallest absolute Gasteiger partial charge is 0.328 e. The van der Waals surface area contributed by atoms with E-state index in [4.69, 9.17) is 5.11 Å². The van der Waals surface area contributed by atoms with Crippen LogP contribution in [-0.4, -0.2) is 23.5 Å². The predicted molar refractivity (Wildman–Crippen MR) is 35.5 cm³/mol. The largest absolute Gasteiger partial charge is 0.478 e. The predicted octanol–water partition coefficient (Wildman–Crippen LogP) is -0.237. The van der Waals surface area contributed by atoms with Gasteiger partial charge >= 0.3 is 5.97 Å². The molecular formula is C6H9NO3. The van der Waals surface area contributed by atoms with Gasteiger partial charge in [-0.25, -0.2) is 4.79 Å². The van der Waals surface area contributed by atoms with E-state index in [1.807, 2.05) is 0 Å². The van der Waals surface area contributed by atoms with Crippen molar-refractivity contribution < 1.29 is 14.7 Å². The van der Waals surface area contributed by atoms with Gasteiger partial charge in [-0.2, -0.15) is 0 Å². The van der Waals surface area contributed by atoms with Gasteiger partial charge in [-0.05, 0) is 6.92 Å². The standard InChI is InChI=1S/C6H9NO3/c1-2-7-5(8)3-4-6(9)10/h3-4H,2H2,1H3,(H,7,8)(H,9,10). The monoisotopic (exact) mass is 143 g/mol. The van der Waals surface area contributed by atoms with Crippen LogP contribution in [-0.2, 0) is 9.59 Å². The van der Waals surface area contributed by atoms with Gasteiger partial charge in [0.15, 0.2) is 0 Å². The van der Waals surface area contributed by atoms with Crippen LogP contribution in [0.3, 0.4) is 0 Å². The highest BCUT2D eigenvalue weighted by molar-refractivity contribution is 5.93. The van der Waals surface area contributed by atoms with Gasteiger partial charge in [-0.1, -0.05) is 0 Å². The van der Waals surface area contributed by atoms with E-state index < -0.39 is 5.97 Å². The fourth-order valence-electron chi connectivity index (χ4n) is 0.380. The Morgan fingerprint density at radius 1 is 1.50 bits per heavy atom. The average molecular weight is 143 g/mol. The van der Waals surface area contributed by atoms with Crippen molar-refractivity contribution in [2.24, 2.45) is 0 Å². The van der Waals surface area contributed by atoms with Crippen molar-refractivity contribution in [2.75, 3.05) is 6.54 Å². The number of aliphatic carboxylic acids is 1. The first-order valence-electron chi connectivity index (χ1n) is 2.85. The Morgan fingerprint density at radius 2 is 2.10 bits per heavy atom. The van der Waals surface area contributed by atoms with Crippen molar-refractivity contribution in [2.45, 2.75) is 6.92 Å². The average Bonchev–Trinajstić information content (AvgIpc) is 1.85. The molecule has 0 fully saturated rings. The fraction of sp³-hybridized carbons (Fsp3) is 0.333. The molecule has 0 saturated heterocycles. The van der Waals surface area contributed by atoms with Crippen molar-refractivity contribution in [1.29, 1.82) is 0 Å². The maximum atomic E-state index is 10.5. The van der Waals surface area contributed by atoms with E-state index in [9.17, 15) is 9.59 Å². The van der Waals surface area contributed by atoms with E-state index in [0.29, 0.717) is 6.54 Å². The maximum Gasteiger partial charge on any atom is 0.328 e. The minimum atomic E-state index is -1.12. The lowest BCUT2D eigenvalue weighted by Gasteiger charge is -1.91. The summed E-state index contributed by atoms with van der Waals surface area (Å²) in [6.07, 6.45) is 1.77. The van der Waals surface area contributed by atoms with Crippen molar-refractivity contribution in [3.63, 3.8) is 0 Å². The zero-order valence-corrected chi connectivity index (χ0v) is 5.63. The Morgan fingerprint density at radius 3 is 2.50 bits per heavy atom. The third kappa shape index (κ3) is 4.83. The highest BCUT2D eigenvalue weighted by Crippen LogP contribution is 1.72. The molecule has 0 aliphatic rings. The zero-order valence-electron chi connectivity index (χ0n) is 5.63. The van der Waals surface area contributed by atoms with Gasteiger partial charge in [0.1, 0.15) is 0 Å². The number of hydrogen-bond acceptors (Lipinski definition) is 2. The van der Waals surface area contributed by atoms with Crippen LogP contribution in [0.1, 0.15) is 6.92 Å². The number of nitrogens with one attached hydrogen (secondary N) is 1. The first kappa shape index (κ1) is 8.68. The van der Waals surface area contributed by atoms with E-state index in [2.05, 4.69) is 5.32 Å². The minimum absolute atomic E-state index is 0.384. The van der Waals surface area contributed by atoms with Crippen LogP contribution in [0, 0.1) is 0 Å². The van der Waals surface area contributed by atoms with E-state index in [1.165, 1.54) is 0 Å². The lowest BCUT2D eigenvalue weighted by molar-refractivity contribution is -0.131. The second-order valence-electron chi connectivity index (χ2n) is 1.57. The molecule has 4 nitrogen and oxygen atoms in total. The second-order valence-corrected chi connectivity index (χ2v) is 1.57. The van der Waals surface area contributed by atoms with Crippen LogP contribution >= 0.6 is 0 Å². The number of rotatable bonds is 3. The molecule has 0 aliphatic carbocycles. The Labute approximate surface area is 58.5 Å². The number of carbonyl (C=O) groups excluding carboxylic acids is 1. The summed E-state index contributed by atoms with van der Waals surface area (Å²) in [5.41, 5.74) is 0. The molecule has 2 N–H and O–H groups in total. The van der Waals surface area contributed by atoms with Crippen molar-refractivity contribution in [3.05, 3.63) is 12.2 Å². The molecule has 0 aromatic heterocycles. The summed E-state index contributed by atoms with van der Waals surface area (Å²) >= 11 is 0. The lowest BCUT2D eigenvalue weighted by atomic mass is 10.4. The molecule has 10 heavy (non-hydrogen) atoms. The molecule has 0 saturated carbocycles. The number of hydrogen-bond donors (Lipinski definition) is 2. The summed E-state index contributed by atoms with van der Waals surface area (Å²) in [6, 6.07) is 0. The first-order chi connectivity index (χ1) is 4.66. The fourth-order valence-corrected chi connectivity index (χ4v) is 0.380. The van der Waals surface area contributed by atoms with Gasteiger partial charge in [-0.3, -0.25) is 4.79 Å². The molecule has 0 unspecified atom stereocenters. The van der Waals surface area contributed by atoms with Gasteiger partial charge in [0.25, 0.3) is 0 Å². The zero-order chi connectivity index (χ0) is 7.98. The van der Waals surface area contributed by atoms with Gasteiger partial charge in [0.2, 0.25) is 5.91 Å². The van der Waals surface area contributed by atoms with Gasteiger partial charge in [0.05, 0.1) is 0 Å². The third-order valence-corrected chi connectivity index (χ3v) is 0.728. The molecule has 4 heteroatoms. The molecule has 0 spiro atoms. The van der Waals surface area contributed by atoms with Crippen molar-refractivity contribution in [1.82, 2.24) is 5.32 Å². The molecule has 0 bridgehead atoms. The van der Waals surface area contributed by atoms with E-state index in [-0.39, 0.29) is 5.91 Å². The number of carbonyl (C=O) groups is 2. The summed E-state index contributed by atoms with van der Waals surface area (Å²) in [7, 11) is 0. The Bertz CT molecular complexity index is 162. The Kier molecular flexibility index (Phi) is 3.95. The van der Waals surface area contributed by atoms with Crippen LogP contribution in [0.4, 0.5) is 0 Å². The quantitative estimate of drug-likeness (QED) is 0.536. The normalized spacial score (nSPS) is 9.70. The van der Waals surface area contributed by atoms with Crippen LogP contribution < -0.4 is 5.32 Å². The van der Waals surface area contributed by atoms with E-state index in [1.54, 1.807) is 6.92 Å². The Balaban J connectivity index is 3.67. The Hall–Kier alpha value is -1.32. The maximum absolute atomic E-state index is 10.5. The number of carboxylic acids is 1. The first-order valence-corrected chi connectivity index (χ1v) is 2.85. The topological polar surface area (TPSA) is 66.4 Å². The van der Waals surface area contributed by atoms with E-state index >= 15 is 0 Å². The lowest BCUT2D eigenvalue weighted by Crippen LogP contribution is -2.20. The van der Waals surface area contributed by atoms with Crippen LogP contribution in [0.2, 0.25) is 0 Å². The summed E-state index contributed by atoms with van der Waals surface area (Å²) in [5, 5.41) is 10.5. The summed E-state index contributed by atoms with van der Waals surface area (Å²) in [5.74, 6) is -1.50. The van der Waals surface area contributed by atoms with Crippen LogP contribution in [0.15, 0.2) is 12.2 Å². The molecule has 0 radical (unpaired) electrons. The molecule has 0 aromatic carbocycles. The van der Waals surface area contributed by atoms with Crippen molar-refractivity contribution in [3.8, 4) is 0 Å². The minimum Gasteiger partial charge on any atom is -0.478 e. The molecular weight excluding hydrogens is 134 g/mol. The van der Waals surface area contributed by atoms with Crippen molar-refractivity contribution >= 4 is 11.9 Å². The highest BCUT2D eigenvalue weighted by atomic mass is 16.4. The van der Waals surface area contributed by atoms with Gasteiger partial charge < -0.3 is 10.4 Å². The molecule has 0 aromatic rings. The summed E-state index contributed by atoms with van der Waals surface area (Å²) < 4.78 is 0.